The van der Waals surface area contributed by atoms with Crippen LogP contribution in [0.25, 0.3) is 16.5 Å². The van der Waals surface area contributed by atoms with Gasteiger partial charge in [0.15, 0.2) is 0 Å². The lowest BCUT2D eigenvalue weighted by Gasteiger charge is -2.30. The van der Waals surface area contributed by atoms with Gasteiger partial charge in [0.2, 0.25) is 0 Å². The standard InChI is InChI=1S/C22H21FN2O2/c1-13-9-17(15-7-8-16-12-24-25(3)20(16)10-15)11-22(13,21(26)27)18-5-4-6-19(23)14(18)2/h4-8,10-13H,9H2,1-3H3,(H,26,27). The Bertz CT molecular complexity index is 1100. The lowest BCUT2D eigenvalue weighted by atomic mass is 9.72. The van der Waals surface area contributed by atoms with Crippen LogP contribution in [-0.4, -0.2) is 20.9 Å². The molecule has 4 nitrogen and oxygen atoms in total. The topological polar surface area (TPSA) is 55.1 Å². The smallest absolute Gasteiger partial charge is 0.318 e. The largest absolute Gasteiger partial charge is 0.480 e. The first-order chi connectivity index (χ1) is 12.8. The van der Waals surface area contributed by atoms with E-state index in [1.54, 1.807) is 23.7 Å². The summed E-state index contributed by atoms with van der Waals surface area (Å²) < 4.78 is 16.0. The van der Waals surface area contributed by atoms with Crippen LogP contribution < -0.4 is 0 Å². The third kappa shape index (κ3) is 2.49. The van der Waals surface area contributed by atoms with Crippen LogP contribution in [-0.2, 0) is 17.3 Å². The highest BCUT2D eigenvalue weighted by Gasteiger charge is 2.48. The number of fused-ring (bicyclic) bond motifs is 1. The average molecular weight is 364 g/mol. The van der Waals surface area contributed by atoms with Gasteiger partial charge in [-0.1, -0.05) is 37.3 Å². The molecule has 2 unspecified atom stereocenters. The number of carbonyl (C=O) groups is 1. The molecule has 2 aromatic carbocycles. The highest BCUT2D eigenvalue weighted by molar-refractivity contribution is 5.92. The fraction of sp³-hybridized carbons (Fsp3) is 0.273. The van der Waals surface area contributed by atoms with Gasteiger partial charge in [0.1, 0.15) is 11.2 Å². The van der Waals surface area contributed by atoms with Gasteiger partial charge in [0.25, 0.3) is 0 Å². The normalized spacial score (nSPS) is 22.2. The van der Waals surface area contributed by atoms with Gasteiger partial charge in [-0.3, -0.25) is 9.48 Å². The van der Waals surface area contributed by atoms with Crippen molar-refractivity contribution in [1.82, 2.24) is 9.78 Å². The van der Waals surface area contributed by atoms with E-state index in [2.05, 4.69) is 5.10 Å². The molecule has 0 radical (unpaired) electrons. The molecule has 4 rings (SSSR count). The lowest BCUT2D eigenvalue weighted by molar-refractivity contribution is -0.143. The molecule has 0 saturated carbocycles. The fourth-order valence-corrected chi connectivity index (χ4v) is 4.30. The van der Waals surface area contributed by atoms with Crippen molar-refractivity contribution in [2.45, 2.75) is 25.7 Å². The van der Waals surface area contributed by atoms with Crippen LogP contribution in [0.4, 0.5) is 4.39 Å². The molecular formula is C22H21FN2O2. The van der Waals surface area contributed by atoms with Crippen molar-refractivity contribution in [2.75, 3.05) is 0 Å². The van der Waals surface area contributed by atoms with E-state index in [0.717, 1.165) is 22.0 Å². The van der Waals surface area contributed by atoms with Crippen LogP contribution in [0.5, 0.6) is 0 Å². The Morgan fingerprint density at radius 2 is 2.11 bits per heavy atom. The minimum absolute atomic E-state index is 0.187. The SMILES string of the molecule is Cc1c(F)cccc1C1(C(=O)O)C=C(c2ccc3cnn(C)c3c2)CC1C. The summed E-state index contributed by atoms with van der Waals surface area (Å²) in [6, 6.07) is 10.7. The molecule has 0 bridgehead atoms. The number of halogens is 1. The number of nitrogens with zero attached hydrogens (tertiary/aromatic N) is 2. The molecule has 0 saturated heterocycles. The van der Waals surface area contributed by atoms with Crippen LogP contribution in [0.1, 0.15) is 30.0 Å². The maximum Gasteiger partial charge on any atom is 0.318 e. The van der Waals surface area contributed by atoms with Gasteiger partial charge in [-0.05, 0) is 53.7 Å². The number of carboxylic acid groups (broad SMARTS) is 1. The molecule has 138 valence electrons. The number of hydrogen-bond donors (Lipinski definition) is 1. The third-order valence-corrected chi connectivity index (χ3v) is 5.89. The third-order valence-electron chi connectivity index (χ3n) is 5.89. The summed E-state index contributed by atoms with van der Waals surface area (Å²) in [7, 11) is 1.88. The molecular weight excluding hydrogens is 343 g/mol. The van der Waals surface area contributed by atoms with Gasteiger partial charge < -0.3 is 5.11 Å². The van der Waals surface area contributed by atoms with Crippen LogP contribution in [0.15, 0.2) is 48.7 Å². The second-order valence-corrected chi connectivity index (χ2v) is 7.40. The summed E-state index contributed by atoms with van der Waals surface area (Å²) in [4.78, 5) is 12.4. The first-order valence-electron chi connectivity index (χ1n) is 8.97. The second kappa shape index (κ2) is 6.05. The number of carboxylic acids is 1. The first-order valence-corrected chi connectivity index (χ1v) is 8.97. The average Bonchev–Trinajstić information content (AvgIpc) is 3.18. The number of hydrogen-bond acceptors (Lipinski definition) is 2. The Kier molecular flexibility index (Phi) is 3.91. The molecule has 27 heavy (non-hydrogen) atoms. The molecule has 1 aliphatic carbocycles. The number of aliphatic carboxylic acids is 1. The van der Waals surface area contributed by atoms with E-state index >= 15 is 0 Å². The predicted molar refractivity (Wildman–Crippen MR) is 103 cm³/mol. The summed E-state index contributed by atoms with van der Waals surface area (Å²) in [5.74, 6) is -1.51. The Labute approximate surface area is 156 Å². The maximum absolute atomic E-state index is 14.2. The van der Waals surface area contributed by atoms with E-state index in [-0.39, 0.29) is 11.7 Å². The van der Waals surface area contributed by atoms with Gasteiger partial charge in [0, 0.05) is 12.4 Å². The number of aryl methyl sites for hydroxylation is 1. The highest BCUT2D eigenvalue weighted by Crippen LogP contribution is 2.48. The van der Waals surface area contributed by atoms with E-state index < -0.39 is 11.4 Å². The molecule has 5 heteroatoms. The van der Waals surface area contributed by atoms with Crippen molar-refractivity contribution < 1.29 is 14.3 Å². The van der Waals surface area contributed by atoms with Gasteiger partial charge in [-0.25, -0.2) is 4.39 Å². The summed E-state index contributed by atoms with van der Waals surface area (Å²) >= 11 is 0. The molecule has 0 spiro atoms. The molecule has 2 atom stereocenters. The van der Waals surface area contributed by atoms with E-state index in [1.807, 2.05) is 44.4 Å². The summed E-state index contributed by atoms with van der Waals surface area (Å²) in [6.07, 6.45) is 4.24. The van der Waals surface area contributed by atoms with E-state index in [0.29, 0.717) is 17.5 Å². The number of aromatic nitrogens is 2. The highest BCUT2D eigenvalue weighted by atomic mass is 19.1. The Morgan fingerprint density at radius 1 is 1.33 bits per heavy atom. The van der Waals surface area contributed by atoms with Crippen molar-refractivity contribution in [2.24, 2.45) is 13.0 Å². The second-order valence-electron chi connectivity index (χ2n) is 7.40. The minimum atomic E-state index is -1.23. The summed E-state index contributed by atoms with van der Waals surface area (Å²) in [5.41, 5.74) is 2.64. The quantitative estimate of drug-likeness (QED) is 0.746. The Balaban J connectivity index is 1.90. The Morgan fingerprint density at radius 3 is 2.85 bits per heavy atom. The van der Waals surface area contributed by atoms with Gasteiger partial charge in [-0.15, -0.1) is 0 Å². The van der Waals surface area contributed by atoms with Crippen LogP contribution in [0.3, 0.4) is 0 Å². The zero-order chi connectivity index (χ0) is 19.3. The fourth-order valence-electron chi connectivity index (χ4n) is 4.30. The molecule has 0 amide bonds. The maximum atomic E-state index is 14.2. The van der Waals surface area contributed by atoms with Crippen LogP contribution in [0, 0.1) is 18.7 Å². The van der Waals surface area contributed by atoms with Crippen LogP contribution >= 0.6 is 0 Å². The van der Waals surface area contributed by atoms with E-state index in [4.69, 9.17) is 0 Å². The van der Waals surface area contributed by atoms with Gasteiger partial charge in [0.05, 0.1) is 11.7 Å². The molecule has 0 aliphatic heterocycles. The molecule has 1 N–H and O–H groups in total. The number of rotatable bonds is 3. The van der Waals surface area contributed by atoms with Crippen molar-refractivity contribution in [3.8, 4) is 0 Å². The molecule has 1 heterocycles. The summed E-state index contributed by atoms with van der Waals surface area (Å²) in [5, 5.41) is 15.5. The van der Waals surface area contributed by atoms with Crippen molar-refractivity contribution >= 4 is 22.4 Å². The molecule has 3 aromatic rings. The lowest BCUT2D eigenvalue weighted by Crippen LogP contribution is -2.38. The Hall–Kier alpha value is -2.95. The summed E-state index contributed by atoms with van der Waals surface area (Å²) in [6.45, 7) is 3.57. The van der Waals surface area contributed by atoms with E-state index in [1.165, 1.54) is 6.07 Å². The van der Waals surface area contributed by atoms with Crippen molar-refractivity contribution in [1.29, 1.82) is 0 Å². The molecule has 1 aliphatic rings. The number of allylic oxidation sites excluding steroid dienone is 1. The van der Waals surface area contributed by atoms with Crippen molar-refractivity contribution in [3.05, 3.63) is 71.2 Å². The monoisotopic (exact) mass is 364 g/mol. The van der Waals surface area contributed by atoms with E-state index in [9.17, 15) is 14.3 Å². The van der Waals surface area contributed by atoms with Gasteiger partial charge >= 0.3 is 5.97 Å². The molecule has 1 aromatic heterocycles. The minimum Gasteiger partial charge on any atom is -0.480 e. The first kappa shape index (κ1) is 17.5. The van der Waals surface area contributed by atoms with Gasteiger partial charge in [-0.2, -0.15) is 5.10 Å². The van der Waals surface area contributed by atoms with Crippen LogP contribution in [0.2, 0.25) is 0 Å². The number of benzene rings is 2. The molecule has 0 fully saturated rings. The van der Waals surface area contributed by atoms with Crippen molar-refractivity contribution in [3.63, 3.8) is 0 Å². The zero-order valence-corrected chi connectivity index (χ0v) is 15.5. The predicted octanol–water partition coefficient (Wildman–Crippen LogP) is 4.47. The zero-order valence-electron chi connectivity index (χ0n) is 15.5.